The van der Waals surface area contributed by atoms with Gasteiger partial charge in [0.1, 0.15) is 0 Å². The summed E-state index contributed by atoms with van der Waals surface area (Å²) in [7, 11) is 0. The van der Waals surface area contributed by atoms with Crippen molar-refractivity contribution >= 4 is 11.6 Å². The average molecular weight is 278 g/mol. The average Bonchev–Trinajstić information content (AvgIpc) is 2.82. The second-order valence-electron chi connectivity index (χ2n) is 4.78. The van der Waals surface area contributed by atoms with Crippen LogP contribution < -0.4 is 5.32 Å². The molecule has 4 heteroatoms. The highest BCUT2D eigenvalue weighted by molar-refractivity contribution is 6.31. The summed E-state index contributed by atoms with van der Waals surface area (Å²) in [5.74, 6) is 0. The zero-order valence-electron chi connectivity index (χ0n) is 11.7. The molecule has 0 saturated heterocycles. The lowest BCUT2D eigenvalue weighted by molar-refractivity contribution is 0.571. The van der Waals surface area contributed by atoms with Gasteiger partial charge in [-0.1, -0.05) is 24.6 Å². The number of halogens is 1. The van der Waals surface area contributed by atoms with E-state index in [9.17, 15) is 0 Å². The first-order valence-electron chi connectivity index (χ1n) is 6.67. The van der Waals surface area contributed by atoms with Crippen LogP contribution in [0.25, 0.3) is 5.69 Å². The van der Waals surface area contributed by atoms with E-state index in [-0.39, 0.29) is 6.04 Å². The van der Waals surface area contributed by atoms with Crippen LogP contribution in [0.3, 0.4) is 0 Å². The lowest BCUT2D eigenvalue weighted by Gasteiger charge is -2.16. The Morgan fingerprint density at radius 1 is 1.37 bits per heavy atom. The highest BCUT2D eigenvalue weighted by Gasteiger charge is 2.10. The largest absolute Gasteiger partial charge is 0.310 e. The van der Waals surface area contributed by atoms with E-state index in [0.717, 1.165) is 34.9 Å². The van der Waals surface area contributed by atoms with Crippen LogP contribution in [0.4, 0.5) is 0 Å². The van der Waals surface area contributed by atoms with Crippen molar-refractivity contribution in [2.75, 3.05) is 6.54 Å². The van der Waals surface area contributed by atoms with E-state index in [4.69, 9.17) is 11.6 Å². The molecule has 3 nitrogen and oxygen atoms in total. The molecule has 1 aromatic carbocycles. The third kappa shape index (κ3) is 3.37. The Bertz CT molecular complexity index is 548. The quantitative estimate of drug-likeness (QED) is 0.898. The van der Waals surface area contributed by atoms with Gasteiger partial charge in [0.25, 0.3) is 0 Å². The van der Waals surface area contributed by atoms with E-state index in [1.54, 1.807) is 0 Å². The summed E-state index contributed by atoms with van der Waals surface area (Å²) in [6, 6.07) is 8.33. The predicted molar refractivity (Wildman–Crippen MR) is 80.0 cm³/mol. The third-order valence-corrected chi connectivity index (χ3v) is 3.47. The number of benzene rings is 1. The minimum absolute atomic E-state index is 0.265. The van der Waals surface area contributed by atoms with E-state index in [0.29, 0.717) is 0 Å². The van der Waals surface area contributed by atoms with Crippen LogP contribution in [0.15, 0.2) is 30.5 Å². The van der Waals surface area contributed by atoms with E-state index >= 15 is 0 Å². The molecule has 0 amide bonds. The third-order valence-electron chi connectivity index (χ3n) is 3.14. The molecule has 1 aromatic heterocycles. The molecule has 0 aliphatic rings. The molecule has 2 aromatic rings. The summed E-state index contributed by atoms with van der Waals surface area (Å²) in [5.41, 5.74) is 3.12. The van der Waals surface area contributed by atoms with Gasteiger partial charge in [-0.3, -0.25) is 0 Å². The van der Waals surface area contributed by atoms with Crippen molar-refractivity contribution in [2.24, 2.45) is 0 Å². The monoisotopic (exact) mass is 277 g/mol. The van der Waals surface area contributed by atoms with Crippen LogP contribution in [0.5, 0.6) is 0 Å². The molecular formula is C15H20ClN3. The highest BCUT2D eigenvalue weighted by atomic mass is 35.5. The van der Waals surface area contributed by atoms with E-state index in [2.05, 4.69) is 36.4 Å². The Kier molecular flexibility index (Phi) is 4.61. The number of rotatable bonds is 5. The Morgan fingerprint density at radius 2 is 2.16 bits per heavy atom. The maximum absolute atomic E-state index is 6.38. The van der Waals surface area contributed by atoms with Crippen molar-refractivity contribution < 1.29 is 0 Å². The molecule has 0 saturated carbocycles. The maximum Gasteiger partial charge on any atom is 0.0660 e. The maximum atomic E-state index is 6.38. The molecule has 19 heavy (non-hydrogen) atoms. The number of aryl methyl sites for hydroxylation is 1. The zero-order valence-corrected chi connectivity index (χ0v) is 12.4. The molecule has 0 spiro atoms. The van der Waals surface area contributed by atoms with E-state index in [1.807, 2.05) is 29.9 Å². The van der Waals surface area contributed by atoms with Crippen molar-refractivity contribution in [3.05, 3.63) is 46.7 Å². The number of hydrogen-bond donors (Lipinski definition) is 1. The fourth-order valence-corrected chi connectivity index (χ4v) is 2.38. The first-order valence-corrected chi connectivity index (χ1v) is 7.05. The van der Waals surface area contributed by atoms with Gasteiger partial charge in [-0.2, -0.15) is 5.10 Å². The minimum atomic E-state index is 0.265. The van der Waals surface area contributed by atoms with Crippen molar-refractivity contribution in [2.45, 2.75) is 33.2 Å². The van der Waals surface area contributed by atoms with E-state index < -0.39 is 0 Å². The van der Waals surface area contributed by atoms with Gasteiger partial charge in [0.2, 0.25) is 0 Å². The number of nitrogens with one attached hydrogen (secondary N) is 1. The minimum Gasteiger partial charge on any atom is -0.310 e. The molecule has 1 N–H and O–H groups in total. The highest BCUT2D eigenvalue weighted by Crippen LogP contribution is 2.25. The van der Waals surface area contributed by atoms with Gasteiger partial charge >= 0.3 is 0 Å². The topological polar surface area (TPSA) is 29.9 Å². The molecular weight excluding hydrogens is 258 g/mol. The van der Waals surface area contributed by atoms with Gasteiger partial charge in [0.05, 0.1) is 11.4 Å². The fourth-order valence-electron chi connectivity index (χ4n) is 2.04. The van der Waals surface area contributed by atoms with Gasteiger partial charge in [0, 0.05) is 17.3 Å². The van der Waals surface area contributed by atoms with Gasteiger partial charge in [0.15, 0.2) is 0 Å². The lowest BCUT2D eigenvalue weighted by atomic mass is 10.1. The van der Waals surface area contributed by atoms with Crippen LogP contribution in [0.2, 0.25) is 5.02 Å². The first-order chi connectivity index (χ1) is 9.11. The summed E-state index contributed by atoms with van der Waals surface area (Å²) >= 11 is 6.38. The zero-order chi connectivity index (χ0) is 13.8. The molecule has 2 rings (SSSR count). The molecule has 1 atom stereocenters. The van der Waals surface area contributed by atoms with Crippen LogP contribution in [-0.4, -0.2) is 16.3 Å². The summed E-state index contributed by atoms with van der Waals surface area (Å²) in [6.07, 6.45) is 3.06. The predicted octanol–water partition coefficient (Wildman–Crippen LogP) is 3.89. The SMILES string of the molecule is CCCNC(C)c1ccc(-n2ccc(C)n2)cc1Cl. The van der Waals surface area contributed by atoms with Crippen LogP contribution in [-0.2, 0) is 0 Å². The molecule has 0 aliphatic heterocycles. The Morgan fingerprint density at radius 3 is 2.74 bits per heavy atom. The summed E-state index contributed by atoms with van der Waals surface area (Å²) in [6.45, 7) is 7.26. The summed E-state index contributed by atoms with van der Waals surface area (Å²) in [5, 5.41) is 8.61. The molecule has 0 fully saturated rings. The van der Waals surface area contributed by atoms with Gasteiger partial charge < -0.3 is 5.32 Å². The van der Waals surface area contributed by atoms with Crippen LogP contribution >= 0.6 is 11.6 Å². The first kappa shape index (κ1) is 14.1. The standard InChI is InChI=1S/C15H20ClN3/c1-4-8-17-12(3)14-6-5-13(10-15(14)16)19-9-7-11(2)18-19/h5-7,9-10,12,17H,4,8H2,1-3H3. The van der Waals surface area contributed by atoms with Gasteiger partial charge in [-0.25, -0.2) is 4.68 Å². The van der Waals surface area contributed by atoms with Crippen LogP contribution in [0.1, 0.15) is 37.6 Å². The fraction of sp³-hybridized carbons (Fsp3) is 0.400. The molecule has 0 aliphatic carbocycles. The van der Waals surface area contributed by atoms with Gasteiger partial charge in [-0.05, 0) is 50.6 Å². The lowest BCUT2D eigenvalue weighted by Crippen LogP contribution is -2.19. The van der Waals surface area contributed by atoms with Crippen molar-refractivity contribution in [3.8, 4) is 5.69 Å². The van der Waals surface area contributed by atoms with Crippen LogP contribution in [0, 0.1) is 6.92 Å². The normalized spacial score (nSPS) is 12.6. The molecule has 0 bridgehead atoms. The van der Waals surface area contributed by atoms with Gasteiger partial charge in [-0.15, -0.1) is 0 Å². The molecule has 0 radical (unpaired) electrons. The Hall–Kier alpha value is -1.32. The number of hydrogen-bond acceptors (Lipinski definition) is 2. The van der Waals surface area contributed by atoms with Crippen molar-refractivity contribution in [3.63, 3.8) is 0 Å². The Labute approximate surface area is 119 Å². The molecule has 102 valence electrons. The molecule has 1 heterocycles. The second kappa shape index (κ2) is 6.22. The molecule has 1 unspecified atom stereocenters. The Balaban J connectivity index is 2.21. The smallest absolute Gasteiger partial charge is 0.0660 e. The summed E-state index contributed by atoms with van der Waals surface area (Å²) < 4.78 is 1.84. The number of aromatic nitrogens is 2. The summed E-state index contributed by atoms with van der Waals surface area (Å²) in [4.78, 5) is 0. The number of nitrogens with zero attached hydrogens (tertiary/aromatic N) is 2. The van der Waals surface area contributed by atoms with Crippen molar-refractivity contribution in [1.29, 1.82) is 0 Å². The van der Waals surface area contributed by atoms with E-state index in [1.165, 1.54) is 0 Å². The second-order valence-corrected chi connectivity index (χ2v) is 5.19. The van der Waals surface area contributed by atoms with Crippen molar-refractivity contribution in [1.82, 2.24) is 15.1 Å².